The molecule has 138 valence electrons. The van der Waals surface area contributed by atoms with Crippen LogP contribution in [0.5, 0.6) is 17.2 Å². The molecule has 0 aromatic heterocycles. The summed E-state index contributed by atoms with van der Waals surface area (Å²) in [6, 6.07) is 11.5. The zero-order chi connectivity index (χ0) is 18.9. The first-order valence-electron chi connectivity index (χ1n) is 8.43. The van der Waals surface area contributed by atoms with Crippen LogP contribution in [0, 0.1) is 5.92 Å². The molecule has 0 spiro atoms. The van der Waals surface area contributed by atoms with Crippen molar-refractivity contribution >= 4 is 12.1 Å². The van der Waals surface area contributed by atoms with Crippen LogP contribution in [0.25, 0.3) is 0 Å². The van der Waals surface area contributed by atoms with E-state index in [2.05, 4.69) is 24.4 Å². The summed E-state index contributed by atoms with van der Waals surface area (Å²) in [5.74, 6) is 1.48. The number of benzene rings is 2. The van der Waals surface area contributed by atoms with Gasteiger partial charge in [-0.1, -0.05) is 19.9 Å². The molecule has 1 amide bonds. The zero-order valence-corrected chi connectivity index (χ0v) is 15.2. The molecule has 0 atom stereocenters. The number of carbonyl (C=O) groups excluding carboxylic acids is 1. The number of phenols is 1. The van der Waals surface area contributed by atoms with E-state index in [1.54, 1.807) is 25.3 Å². The number of phenolic OH excluding ortho intramolecular Hbond substituents is 1. The van der Waals surface area contributed by atoms with Gasteiger partial charge in [0, 0.05) is 5.56 Å². The van der Waals surface area contributed by atoms with E-state index in [1.165, 1.54) is 18.3 Å². The topological polar surface area (TPSA) is 80.2 Å². The summed E-state index contributed by atoms with van der Waals surface area (Å²) in [5, 5.41) is 13.3. The number of aromatic hydroxyl groups is 1. The average Bonchev–Trinajstić information content (AvgIpc) is 2.62. The largest absolute Gasteiger partial charge is 0.508 e. The van der Waals surface area contributed by atoms with E-state index in [9.17, 15) is 9.90 Å². The highest BCUT2D eigenvalue weighted by atomic mass is 16.5. The molecule has 2 N–H and O–H groups in total. The summed E-state index contributed by atoms with van der Waals surface area (Å²) in [6.45, 7) is 4.91. The normalized spacial score (nSPS) is 10.9. The minimum Gasteiger partial charge on any atom is -0.508 e. The fraction of sp³-hybridized carbons (Fsp3) is 0.300. The molecule has 2 rings (SSSR count). The van der Waals surface area contributed by atoms with Crippen LogP contribution in [0.1, 0.15) is 36.2 Å². The first-order valence-corrected chi connectivity index (χ1v) is 8.43. The Kier molecular flexibility index (Phi) is 7.02. The van der Waals surface area contributed by atoms with E-state index >= 15 is 0 Å². The van der Waals surface area contributed by atoms with E-state index in [0.717, 1.165) is 12.0 Å². The number of nitrogens with zero attached hydrogens (tertiary/aromatic N) is 1. The van der Waals surface area contributed by atoms with Gasteiger partial charge in [-0.25, -0.2) is 5.43 Å². The predicted molar refractivity (Wildman–Crippen MR) is 101 cm³/mol. The maximum Gasteiger partial charge on any atom is 0.271 e. The molecule has 2 aromatic carbocycles. The molecule has 0 aliphatic heterocycles. The third kappa shape index (κ3) is 5.81. The van der Waals surface area contributed by atoms with E-state index in [0.29, 0.717) is 29.6 Å². The van der Waals surface area contributed by atoms with Crippen molar-refractivity contribution in [3.05, 3.63) is 53.6 Å². The van der Waals surface area contributed by atoms with E-state index < -0.39 is 5.91 Å². The smallest absolute Gasteiger partial charge is 0.271 e. The number of methoxy groups -OCH3 is 1. The van der Waals surface area contributed by atoms with Gasteiger partial charge in [-0.15, -0.1) is 0 Å². The molecule has 0 fully saturated rings. The number of hydrogen-bond donors (Lipinski definition) is 2. The second-order valence-corrected chi connectivity index (χ2v) is 6.19. The summed E-state index contributed by atoms with van der Waals surface area (Å²) in [7, 11) is 1.58. The molecule has 0 saturated heterocycles. The second-order valence-electron chi connectivity index (χ2n) is 6.19. The van der Waals surface area contributed by atoms with Crippen LogP contribution in [-0.4, -0.2) is 30.9 Å². The number of hydrogen-bond acceptors (Lipinski definition) is 5. The fourth-order valence-corrected chi connectivity index (χ4v) is 2.17. The van der Waals surface area contributed by atoms with Gasteiger partial charge < -0.3 is 14.6 Å². The Morgan fingerprint density at radius 3 is 2.73 bits per heavy atom. The first-order chi connectivity index (χ1) is 12.5. The SMILES string of the molecule is COc1cc(/C=N\NC(=O)c2cccc(O)c2)ccc1OCCC(C)C. The molecular weight excluding hydrogens is 332 g/mol. The third-order valence-electron chi connectivity index (χ3n) is 3.63. The van der Waals surface area contributed by atoms with Crippen LogP contribution in [0.2, 0.25) is 0 Å². The van der Waals surface area contributed by atoms with Gasteiger partial charge in [0.25, 0.3) is 5.91 Å². The average molecular weight is 356 g/mol. The minimum atomic E-state index is -0.405. The maximum absolute atomic E-state index is 12.0. The minimum absolute atomic E-state index is 0.0272. The maximum atomic E-state index is 12.0. The summed E-state index contributed by atoms with van der Waals surface area (Å²) in [5.41, 5.74) is 3.51. The number of nitrogens with one attached hydrogen (secondary N) is 1. The lowest BCUT2D eigenvalue weighted by Crippen LogP contribution is -2.17. The van der Waals surface area contributed by atoms with Gasteiger partial charge in [0.15, 0.2) is 11.5 Å². The van der Waals surface area contributed by atoms with Crippen LogP contribution in [-0.2, 0) is 0 Å². The molecular formula is C20H24N2O4. The van der Waals surface area contributed by atoms with Gasteiger partial charge in [0.2, 0.25) is 0 Å². The predicted octanol–water partition coefficient (Wildman–Crippen LogP) is 3.59. The fourth-order valence-electron chi connectivity index (χ4n) is 2.17. The summed E-state index contributed by atoms with van der Waals surface area (Å²) in [4.78, 5) is 12.0. The molecule has 6 nitrogen and oxygen atoms in total. The van der Waals surface area contributed by atoms with Crippen molar-refractivity contribution in [1.29, 1.82) is 0 Å². The Morgan fingerprint density at radius 2 is 2.04 bits per heavy atom. The van der Waals surface area contributed by atoms with Crippen molar-refractivity contribution in [2.45, 2.75) is 20.3 Å². The van der Waals surface area contributed by atoms with Crippen LogP contribution in [0.4, 0.5) is 0 Å². The van der Waals surface area contributed by atoms with Crippen LogP contribution >= 0.6 is 0 Å². The number of carbonyl (C=O) groups is 1. The van der Waals surface area contributed by atoms with E-state index in [4.69, 9.17) is 9.47 Å². The molecule has 2 aromatic rings. The van der Waals surface area contributed by atoms with Crippen LogP contribution in [0.15, 0.2) is 47.6 Å². The molecule has 0 aliphatic carbocycles. The molecule has 0 unspecified atom stereocenters. The summed E-state index contributed by atoms with van der Waals surface area (Å²) >= 11 is 0. The highest BCUT2D eigenvalue weighted by Crippen LogP contribution is 2.27. The molecule has 0 bridgehead atoms. The second kappa shape index (κ2) is 9.46. The molecule has 0 heterocycles. The number of hydrazone groups is 1. The Hall–Kier alpha value is -3.02. The quantitative estimate of drug-likeness (QED) is 0.559. The summed E-state index contributed by atoms with van der Waals surface area (Å²) < 4.78 is 11.1. The Balaban J connectivity index is 1.98. The molecule has 0 radical (unpaired) electrons. The zero-order valence-electron chi connectivity index (χ0n) is 15.2. The van der Waals surface area contributed by atoms with Crippen LogP contribution in [0.3, 0.4) is 0 Å². The van der Waals surface area contributed by atoms with Crippen molar-refractivity contribution in [3.63, 3.8) is 0 Å². The number of amides is 1. The first kappa shape index (κ1) is 19.3. The van der Waals surface area contributed by atoms with Crippen LogP contribution < -0.4 is 14.9 Å². The monoisotopic (exact) mass is 356 g/mol. The van der Waals surface area contributed by atoms with Crippen molar-refractivity contribution in [2.75, 3.05) is 13.7 Å². The number of ether oxygens (including phenoxy) is 2. The Labute approximate surface area is 153 Å². The van der Waals surface area contributed by atoms with E-state index in [1.807, 2.05) is 12.1 Å². The van der Waals surface area contributed by atoms with Crippen molar-refractivity contribution in [2.24, 2.45) is 11.0 Å². The molecule has 0 aliphatic rings. The highest BCUT2D eigenvalue weighted by molar-refractivity contribution is 5.95. The lowest BCUT2D eigenvalue weighted by molar-refractivity contribution is 0.0954. The molecule has 6 heteroatoms. The Bertz CT molecular complexity index is 772. The standard InChI is InChI=1S/C20H24N2O4/c1-14(2)9-10-26-18-8-7-15(11-19(18)25-3)13-21-22-20(24)16-5-4-6-17(23)12-16/h4-8,11-14,23H,9-10H2,1-3H3,(H,22,24)/b21-13-. The lowest BCUT2D eigenvalue weighted by Gasteiger charge is -2.12. The lowest BCUT2D eigenvalue weighted by atomic mass is 10.1. The highest BCUT2D eigenvalue weighted by Gasteiger charge is 2.07. The number of rotatable bonds is 8. The van der Waals surface area contributed by atoms with E-state index in [-0.39, 0.29) is 5.75 Å². The Morgan fingerprint density at radius 1 is 1.23 bits per heavy atom. The van der Waals surface area contributed by atoms with Gasteiger partial charge in [0.1, 0.15) is 5.75 Å². The van der Waals surface area contributed by atoms with Gasteiger partial charge in [-0.2, -0.15) is 5.10 Å². The van der Waals surface area contributed by atoms with Crippen molar-refractivity contribution < 1.29 is 19.4 Å². The van der Waals surface area contributed by atoms with Gasteiger partial charge in [-0.05, 0) is 54.3 Å². The van der Waals surface area contributed by atoms with Crippen molar-refractivity contribution in [3.8, 4) is 17.2 Å². The van der Waals surface area contributed by atoms with Gasteiger partial charge in [-0.3, -0.25) is 4.79 Å². The third-order valence-corrected chi connectivity index (χ3v) is 3.63. The van der Waals surface area contributed by atoms with Gasteiger partial charge >= 0.3 is 0 Å². The van der Waals surface area contributed by atoms with Gasteiger partial charge in [0.05, 0.1) is 19.9 Å². The molecule has 26 heavy (non-hydrogen) atoms. The van der Waals surface area contributed by atoms with Crippen molar-refractivity contribution in [1.82, 2.24) is 5.43 Å². The molecule has 0 saturated carbocycles. The summed E-state index contributed by atoms with van der Waals surface area (Å²) in [6.07, 6.45) is 2.48.